The summed E-state index contributed by atoms with van der Waals surface area (Å²) < 4.78 is 27.8. The van der Waals surface area contributed by atoms with Crippen LogP contribution in [-0.4, -0.2) is 15.0 Å². The number of nitrogens with zero attached hydrogens (tertiary/aromatic N) is 2. The number of nitrogens with one attached hydrogen (secondary N) is 1. The Hall–Kier alpha value is -2.53. The molecule has 1 N–H and O–H groups in total. The first-order valence-corrected chi connectivity index (χ1v) is 11.8. The Labute approximate surface area is 190 Å². The van der Waals surface area contributed by atoms with Crippen molar-refractivity contribution >= 4 is 33.5 Å². The minimum Gasteiger partial charge on any atom is -0.342 e. The van der Waals surface area contributed by atoms with Crippen LogP contribution in [0.5, 0.6) is 0 Å². The van der Waals surface area contributed by atoms with E-state index in [1.165, 1.54) is 30.5 Å². The van der Waals surface area contributed by atoms with Crippen LogP contribution in [0.3, 0.4) is 0 Å². The summed E-state index contributed by atoms with van der Waals surface area (Å²) in [7, 11) is 0. The first-order chi connectivity index (χ1) is 15.6. The molecule has 32 heavy (non-hydrogen) atoms. The number of rotatable bonds is 4. The van der Waals surface area contributed by atoms with E-state index in [2.05, 4.69) is 16.0 Å². The Kier molecular flexibility index (Phi) is 4.90. The molecule has 3 nitrogen and oxygen atoms in total. The standard InChI is InChI=1S/C26H24ClF2N3/c27-20-12-23-24(13-21(20)29)32-26(31-23)25(16-5-6-16)15-3-1-14(2-4-15)18-9-10-30-22-8-7-17(28)11-19(18)22/h7-16,25H,1-6H2,(H,31,32)/t14-,15+,25-/m0/s1. The molecule has 2 saturated carbocycles. The van der Waals surface area contributed by atoms with E-state index >= 15 is 0 Å². The fourth-order valence-corrected chi connectivity index (χ4v) is 5.92. The van der Waals surface area contributed by atoms with E-state index in [-0.39, 0.29) is 10.8 Å². The monoisotopic (exact) mass is 451 g/mol. The minimum absolute atomic E-state index is 0.122. The van der Waals surface area contributed by atoms with Crippen LogP contribution in [0.1, 0.15) is 61.7 Å². The van der Waals surface area contributed by atoms with Crippen molar-refractivity contribution < 1.29 is 8.78 Å². The summed E-state index contributed by atoms with van der Waals surface area (Å²) in [5, 5.41) is 1.06. The maximum Gasteiger partial charge on any atom is 0.144 e. The van der Waals surface area contributed by atoms with Crippen molar-refractivity contribution in [1.29, 1.82) is 0 Å². The highest BCUT2D eigenvalue weighted by molar-refractivity contribution is 6.31. The molecule has 164 valence electrons. The molecule has 0 radical (unpaired) electrons. The van der Waals surface area contributed by atoms with Gasteiger partial charge in [-0.15, -0.1) is 0 Å². The maximum atomic E-state index is 13.9. The molecular formula is C26H24ClF2N3. The number of H-pyrrole nitrogens is 1. The summed E-state index contributed by atoms with van der Waals surface area (Å²) in [6.07, 6.45) is 8.66. The highest BCUT2D eigenvalue weighted by Gasteiger charge is 2.41. The summed E-state index contributed by atoms with van der Waals surface area (Å²) in [6, 6.07) is 9.98. The van der Waals surface area contributed by atoms with Crippen molar-refractivity contribution in [2.45, 2.75) is 50.4 Å². The summed E-state index contributed by atoms with van der Waals surface area (Å²) in [6.45, 7) is 0. The lowest BCUT2D eigenvalue weighted by atomic mass is 9.72. The molecule has 0 spiro atoms. The number of aromatic nitrogens is 3. The molecule has 2 aromatic carbocycles. The van der Waals surface area contributed by atoms with Gasteiger partial charge in [0.15, 0.2) is 0 Å². The lowest BCUT2D eigenvalue weighted by Crippen LogP contribution is -2.22. The summed E-state index contributed by atoms with van der Waals surface area (Å²) in [4.78, 5) is 12.6. The summed E-state index contributed by atoms with van der Waals surface area (Å²) in [5.74, 6) is 2.32. The van der Waals surface area contributed by atoms with Crippen molar-refractivity contribution in [3.8, 4) is 0 Å². The van der Waals surface area contributed by atoms with Crippen molar-refractivity contribution in [2.24, 2.45) is 11.8 Å². The Bertz CT molecular complexity index is 1270. The molecule has 6 heteroatoms. The average molecular weight is 452 g/mol. The van der Waals surface area contributed by atoms with Crippen LogP contribution in [0.25, 0.3) is 21.9 Å². The van der Waals surface area contributed by atoms with Gasteiger partial charge in [0.05, 0.1) is 21.6 Å². The summed E-state index contributed by atoms with van der Waals surface area (Å²) >= 11 is 5.97. The molecule has 2 aromatic heterocycles. The lowest BCUT2D eigenvalue weighted by Gasteiger charge is -2.34. The Balaban J connectivity index is 1.26. The minimum atomic E-state index is -0.429. The molecule has 2 aliphatic rings. The van der Waals surface area contributed by atoms with Crippen molar-refractivity contribution in [3.63, 3.8) is 0 Å². The van der Waals surface area contributed by atoms with Crippen LogP contribution in [0.2, 0.25) is 5.02 Å². The molecule has 0 aliphatic heterocycles. The van der Waals surface area contributed by atoms with Crippen LogP contribution in [0.4, 0.5) is 8.78 Å². The fraction of sp³-hybridized carbons (Fsp3) is 0.385. The van der Waals surface area contributed by atoms with Crippen molar-refractivity contribution in [3.05, 3.63) is 70.6 Å². The molecule has 2 fully saturated rings. The van der Waals surface area contributed by atoms with E-state index < -0.39 is 5.82 Å². The first kappa shape index (κ1) is 20.1. The number of pyridine rings is 1. The smallest absolute Gasteiger partial charge is 0.144 e. The lowest BCUT2D eigenvalue weighted by molar-refractivity contribution is 0.259. The number of hydrogen-bond acceptors (Lipinski definition) is 2. The highest BCUT2D eigenvalue weighted by atomic mass is 35.5. The van der Waals surface area contributed by atoms with Crippen molar-refractivity contribution in [1.82, 2.24) is 15.0 Å². The molecule has 6 rings (SSSR count). The van der Waals surface area contributed by atoms with Crippen LogP contribution in [0, 0.1) is 23.5 Å². The second kappa shape index (κ2) is 7.80. The average Bonchev–Trinajstić information content (AvgIpc) is 3.55. The van der Waals surface area contributed by atoms with E-state index in [0.717, 1.165) is 47.9 Å². The molecule has 0 unspecified atom stereocenters. The van der Waals surface area contributed by atoms with Gasteiger partial charge in [-0.05, 0) is 92.2 Å². The van der Waals surface area contributed by atoms with Gasteiger partial charge < -0.3 is 4.98 Å². The normalized spacial score (nSPS) is 22.5. The third-order valence-electron chi connectivity index (χ3n) is 7.44. The van der Waals surface area contributed by atoms with E-state index in [0.29, 0.717) is 29.2 Å². The number of hydrogen-bond donors (Lipinski definition) is 1. The highest BCUT2D eigenvalue weighted by Crippen LogP contribution is 2.52. The second-order valence-corrected chi connectivity index (χ2v) is 9.85. The molecule has 0 saturated heterocycles. The van der Waals surface area contributed by atoms with Gasteiger partial charge in [0.1, 0.15) is 17.5 Å². The van der Waals surface area contributed by atoms with Crippen LogP contribution < -0.4 is 0 Å². The summed E-state index contributed by atoms with van der Waals surface area (Å²) in [5.41, 5.74) is 3.52. The zero-order valence-corrected chi connectivity index (χ0v) is 18.4. The number of benzene rings is 2. The van der Waals surface area contributed by atoms with Gasteiger partial charge >= 0.3 is 0 Å². The first-order valence-electron chi connectivity index (χ1n) is 11.5. The predicted molar refractivity (Wildman–Crippen MR) is 123 cm³/mol. The predicted octanol–water partition coefficient (Wildman–Crippen LogP) is 7.51. The third kappa shape index (κ3) is 3.57. The van der Waals surface area contributed by atoms with Crippen molar-refractivity contribution in [2.75, 3.05) is 0 Å². The quantitative estimate of drug-likeness (QED) is 0.348. The van der Waals surface area contributed by atoms with Crippen LogP contribution in [0.15, 0.2) is 42.6 Å². The van der Waals surface area contributed by atoms with Gasteiger partial charge in [0.25, 0.3) is 0 Å². The second-order valence-electron chi connectivity index (χ2n) is 9.44. The third-order valence-corrected chi connectivity index (χ3v) is 7.73. The number of halogens is 3. The van der Waals surface area contributed by atoms with Gasteiger partial charge in [0.2, 0.25) is 0 Å². The number of imidazole rings is 1. The Morgan fingerprint density at radius 3 is 2.41 bits per heavy atom. The zero-order valence-electron chi connectivity index (χ0n) is 17.6. The topological polar surface area (TPSA) is 41.6 Å². The molecule has 0 amide bonds. The Morgan fingerprint density at radius 1 is 0.906 bits per heavy atom. The number of fused-ring (bicyclic) bond motifs is 2. The van der Waals surface area contributed by atoms with Crippen LogP contribution >= 0.6 is 11.6 Å². The van der Waals surface area contributed by atoms with E-state index in [9.17, 15) is 8.78 Å². The molecular weight excluding hydrogens is 428 g/mol. The maximum absolute atomic E-state index is 13.9. The molecule has 4 aromatic rings. The fourth-order valence-electron chi connectivity index (χ4n) is 5.75. The number of aromatic amines is 1. The SMILES string of the molecule is Fc1ccc2nccc([C@H]3CC[C@@H]([C@H](c4nc5cc(F)c(Cl)cc5[nH]4)C4CC4)CC3)c2c1. The van der Waals surface area contributed by atoms with Crippen LogP contribution in [-0.2, 0) is 0 Å². The van der Waals surface area contributed by atoms with Gasteiger partial charge in [-0.25, -0.2) is 13.8 Å². The molecule has 1 atom stereocenters. The molecule has 0 bridgehead atoms. The zero-order chi connectivity index (χ0) is 21.8. The van der Waals surface area contributed by atoms with Gasteiger partial charge in [-0.1, -0.05) is 11.6 Å². The molecule has 2 heterocycles. The largest absolute Gasteiger partial charge is 0.342 e. The van der Waals surface area contributed by atoms with Gasteiger partial charge in [-0.2, -0.15) is 0 Å². The molecule has 2 aliphatic carbocycles. The van der Waals surface area contributed by atoms with E-state index in [4.69, 9.17) is 16.6 Å². The van der Waals surface area contributed by atoms with Gasteiger partial charge in [-0.3, -0.25) is 4.98 Å². The van der Waals surface area contributed by atoms with Gasteiger partial charge in [0, 0.05) is 23.6 Å². The van der Waals surface area contributed by atoms with E-state index in [1.54, 1.807) is 18.2 Å². The Morgan fingerprint density at radius 2 is 1.66 bits per heavy atom. The van der Waals surface area contributed by atoms with E-state index in [1.807, 2.05) is 6.20 Å².